The molecular weight excluding hydrogens is 585 g/mol. The minimum Gasteiger partial charge on any atom is -0.392 e. The van der Waals surface area contributed by atoms with E-state index in [4.69, 9.17) is 0 Å². The van der Waals surface area contributed by atoms with Crippen molar-refractivity contribution in [1.29, 1.82) is 0 Å². The fourth-order valence-corrected chi connectivity index (χ4v) is 6.33. The first-order valence-corrected chi connectivity index (χ1v) is 15.3. The summed E-state index contributed by atoms with van der Waals surface area (Å²) >= 11 is 0. The number of aryl methyl sites for hydroxylation is 1. The molecule has 0 unspecified atom stereocenters. The Morgan fingerprint density at radius 2 is 1.74 bits per heavy atom. The number of rotatable bonds is 7. The molecular formula is C35H34FN7O3. The second-order valence-corrected chi connectivity index (χ2v) is 11.5. The van der Waals surface area contributed by atoms with Gasteiger partial charge in [0.25, 0.3) is 11.1 Å². The lowest BCUT2D eigenvalue weighted by atomic mass is 9.98. The van der Waals surface area contributed by atoms with Crippen LogP contribution in [-0.2, 0) is 13.7 Å². The first-order chi connectivity index (χ1) is 22.3. The highest BCUT2D eigenvalue weighted by Gasteiger charge is 2.19. The third-order valence-electron chi connectivity index (χ3n) is 8.85. The average Bonchev–Trinajstić information content (AvgIpc) is 3.46. The number of likely N-dealkylation sites (N-methyl/N-ethyl adjacent to an activating group) is 1. The monoisotopic (exact) mass is 619 g/mol. The quantitative estimate of drug-likeness (QED) is 0.271. The highest BCUT2D eigenvalue weighted by molar-refractivity contribution is 5.87. The number of hydrogen-bond donors (Lipinski definition) is 2. The normalized spacial score (nSPS) is 14.0. The second kappa shape index (κ2) is 11.9. The van der Waals surface area contributed by atoms with Gasteiger partial charge in [-0.25, -0.2) is 9.37 Å². The number of nitrogens with one attached hydrogen (secondary N) is 1. The highest BCUT2D eigenvalue weighted by Crippen LogP contribution is 2.31. The van der Waals surface area contributed by atoms with E-state index in [1.54, 1.807) is 48.4 Å². The Hall–Kier alpha value is -5.26. The zero-order valence-corrected chi connectivity index (χ0v) is 25.7. The number of aliphatic hydroxyl groups is 1. The number of nitrogens with zero attached hydrogens (tertiary/aromatic N) is 6. The van der Waals surface area contributed by atoms with Crippen LogP contribution in [0.3, 0.4) is 0 Å². The molecule has 0 amide bonds. The second-order valence-electron chi connectivity index (χ2n) is 11.5. The Balaban J connectivity index is 1.25. The van der Waals surface area contributed by atoms with Gasteiger partial charge in [-0.05, 0) is 54.6 Å². The third-order valence-corrected chi connectivity index (χ3v) is 8.85. The van der Waals surface area contributed by atoms with Crippen LogP contribution in [0.5, 0.6) is 0 Å². The number of aromatic nitrogens is 4. The van der Waals surface area contributed by atoms with E-state index < -0.39 is 12.4 Å². The van der Waals surface area contributed by atoms with Gasteiger partial charge in [0.05, 0.1) is 29.7 Å². The number of anilines is 3. The van der Waals surface area contributed by atoms with Crippen molar-refractivity contribution in [2.45, 2.75) is 13.5 Å². The molecule has 1 aliphatic heterocycles. The SMILES string of the molecule is CCN1CCN(c2ccc(Nc3cc(-c4cc(F)cc(-n5ccn6c(cc7ccccc76)c5=O)c4CO)cn(C)c3=O)nc2)CC1. The van der Waals surface area contributed by atoms with Crippen LogP contribution in [0.25, 0.3) is 33.2 Å². The van der Waals surface area contributed by atoms with Gasteiger partial charge in [-0.3, -0.25) is 14.2 Å². The maximum absolute atomic E-state index is 15.3. The van der Waals surface area contributed by atoms with Crippen molar-refractivity contribution in [3.63, 3.8) is 0 Å². The number of halogens is 1. The molecule has 46 heavy (non-hydrogen) atoms. The molecule has 4 aromatic heterocycles. The number of aliphatic hydroxyl groups excluding tert-OH is 1. The Bertz CT molecular complexity index is 2200. The Morgan fingerprint density at radius 1 is 0.935 bits per heavy atom. The van der Waals surface area contributed by atoms with Gasteiger partial charge in [0.1, 0.15) is 22.8 Å². The molecule has 6 aromatic rings. The maximum atomic E-state index is 15.3. The van der Waals surface area contributed by atoms with Crippen molar-refractivity contribution in [2.24, 2.45) is 7.05 Å². The van der Waals surface area contributed by atoms with Crippen molar-refractivity contribution in [3.8, 4) is 16.8 Å². The van der Waals surface area contributed by atoms with Crippen molar-refractivity contribution in [3.05, 3.63) is 118 Å². The van der Waals surface area contributed by atoms with Gasteiger partial charge in [-0.15, -0.1) is 0 Å². The molecule has 1 aliphatic rings. The van der Waals surface area contributed by atoms with E-state index in [0.29, 0.717) is 28.0 Å². The highest BCUT2D eigenvalue weighted by atomic mass is 19.1. The van der Waals surface area contributed by atoms with E-state index in [1.165, 1.54) is 21.3 Å². The molecule has 7 rings (SSSR count). The van der Waals surface area contributed by atoms with Gasteiger partial charge in [-0.1, -0.05) is 25.1 Å². The van der Waals surface area contributed by atoms with E-state index in [1.807, 2.05) is 36.4 Å². The molecule has 10 nitrogen and oxygen atoms in total. The third kappa shape index (κ3) is 5.23. The van der Waals surface area contributed by atoms with Crippen LogP contribution < -0.4 is 21.3 Å². The molecule has 2 N–H and O–H groups in total. The van der Waals surface area contributed by atoms with Crippen molar-refractivity contribution in [2.75, 3.05) is 42.9 Å². The number of hydrogen-bond acceptors (Lipinski definition) is 7. The molecule has 1 saturated heterocycles. The fourth-order valence-electron chi connectivity index (χ4n) is 6.33. The van der Waals surface area contributed by atoms with Crippen LogP contribution in [0.2, 0.25) is 0 Å². The predicted molar refractivity (Wildman–Crippen MR) is 179 cm³/mol. The number of benzene rings is 2. The summed E-state index contributed by atoms with van der Waals surface area (Å²) < 4.78 is 19.8. The Labute approximate surface area is 264 Å². The number of fused-ring (bicyclic) bond motifs is 3. The molecule has 234 valence electrons. The summed E-state index contributed by atoms with van der Waals surface area (Å²) in [5.41, 5.74) is 3.33. The lowest BCUT2D eigenvalue weighted by molar-refractivity contribution is 0.271. The Morgan fingerprint density at radius 3 is 2.48 bits per heavy atom. The van der Waals surface area contributed by atoms with Gasteiger partial charge < -0.3 is 29.2 Å². The lowest BCUT2D eigenvalue weighted by Crippen LogP contribution is -2.46. The summed E-state index contributed by atoms with van der Waals surface area (Å²) in [6, 6.07) is 17.4. The number of piperazine rings is 1. The van der Waals surface area contributed by atoms with E-state index in [0.717, 1.165) is 49.3 Å². The first-order valence-electron chi connectivity index (χ1n) is 15.3. The molecule has 5 heterocycles. The van der Waals surface area contributed by atoms with Crippen LogP contribution in [0.15, 0.2) is 95.0 Å². The standard InChI is InChI=1S/C35H34FN7O3/c1-3-40-10-12-41(13-11-40)26-8-9-33(37-20-26)38-29-16-24(21-39(2)34(29)45)27-18-25(36)19-31(28(27)22-44)43-15-14-42-30-7-5-4-6-23(30)17-32(42)35(43)46/h4-9,14-21,44H,3,10-13,22H2,1-2H3,(H,37,38). The molecule has 0 atom stereocenters. The zero-order chi connectivity index (χ0) is 31.9. The molecule has 0 saturated carbocycles. The minimum atomic E-state index is -0.588. The largest absolute Gasteiger partial charge is 0.392 e. The summed E-state index contributed by atoms with van der Waals surface area (Å²) in [6.07, 6.45) is 6.71. The number of para-hydroxylation sites is 1. The first kappa shape index (κ1) is 29.5. The summed E-state index contributed by atoms with van der Waals surface area (Å²) in [7, 11) is 1.61. The van der Waals surface area contributed by atoms with Crippen LogP contribution in [-0.4, -0.2) is 61.2 Å². The van der Waals surface area contributed by atoms with E-state index >= 15 is 4.39 Å². The topological polar surface area (TPSA) is 100 Å². The van der Waals surface area contributed by atoms with Gasteiger partial charge in [-0.2, -0.15) is 0 Å². The van der Waals surface area contributed by atoms with Crippen LogP contribution in [0.4, 0.5) is 21.6 Å². The predicted octanol–water partition coefficient (Wildman–Crippen LogP) is 4.52. The van der Waals surface area contributed by atoms with E-state index in [9.17, 15) is 14.7 Å². The van der Waals surface area contributed by atoms with Gasteiger partial charge in [0.15, 0.2) is 0 Å². The van der Waals surface area contributed by atoms with Crippen LogP contribution >= 0.6 is 0 Å². The molecule has 2 aromatic carbocycles. The molecule has 0 aliphatic carbocycles. The molecule has 0 bridgehead atoms. The van der Waals surface area contributed by atoms with Crippen LogP contribution in [0.1, 0.15) is 12.5 Å². The zero-order valence-electron chi connectivity index (χ0n) is 25.7. The Kier molecular flexibility index (Phi) is 7.63. The number of pyridine rings is 2. The summed E-state index contributed by atoms with van der Waals surface area (Å²) in [6.45, 7) is 6.60. The van der Waals surface area contributed by atoms with Gasteiger partial charge >= 0.3 is 0 Å². The van der Waals surface area contributed by atoms with Gasteiger partial charge in [0.2, 0.25) is 0 Å². The van der Waals surface area contributed by atoms with Crippen LogP contribution in [0, 0.1) is 5.82 Å². The maximum Gasteiger partial charge on any atom is 0.279 e. The van der Waals surface area contributed by atoms with Crippen molar-refractivity contribution >= 4 is 33.6 Å². The smallest absolute Gasteiger partial charge is 0.279 e. The molecule has 0 radical (unpaired) electrons. The van der Waals surface area contributed by atoms with Crippen molar-refractivity contribution in [1.82, 2.24) is 23.4 Å². The molecule has 11 heteroatoms. The van der Waals surface area contributed by atoms with Crippen molar-refractivity contribution < 1.29 is 9.50 Å². The molecule has 1 fully saturated rings. The summed E-state index contributed by atoms with van der Waals surface area (Å²) in [4.78, 5) is 36.1. The van der Waals surface area contributed by atoms with E-state index in [-0.39, 0.29) is 22.5 Å². The summed E-state index contributed by atoms with van der Waals surface area (Å²) in [5.74, 6) is -0.0955. The average molecular weight is 620 g/mol. The lowest BCUT2D eigenvalue weighted by Gasteiger charge is -2.35. The van der Waals surface area contributed by atoms with Gasteiger partial charge in [0, 0.05) is 68.3 Å². The molecule has 0 spiro atoms. The van der Waals surface area contributed by atoms with E-state index in [2.05, 4.69) is 27.0 Å². The minimum absolute atomic E-state index is 0.218. The summed E-state index contributed by atoms with van der Waals surface area (Å²) in [5, 5.41) is 14.6. The fraction of sp³-hybridized carbons (Fsp3) is 0.229.